The molecule has 0 aromatic heterocycles. The summed E-state index contributed by atoms with van der Waals surface area (Å²) < 4.78 is 11.5. The molecule has 2 aliphatic heterocycles. The van der Waals surface area contributed by atoms with Gasteiger partial charge in [-0.3, -0.25) is 9.80 Å². The van der Waals surface area contributed by atoms with Gasteiger partial charge in [0.15, 0.2) is 0 Å². The second kappa shape index (κ2) is 12.6. The molecular weight excluding hydrogens is 472 g/mol. The van der Waals surface area contributed by atoms with Crippen LogP contribution in [0.25, 0.3) is 0 Å². The van der Waals surface area contributed by atoms with Crippen LogP contribution in [0.4, 0.5) is 9.59 Å². The van der Waals surface area contributed by atoms with Crippen LogP contribution in [-0.4, -0.2) is 107 Å². The topological polar surface area (TPSA) is 65.6 Å². The van der Waals surface area contributed by atoms with Gasteiger partial charge in [0, 0.05) is 39.4 Å². The third kappa shape index (κ3) is 8.10. The first-order valence-electron chi connectivity index (χ1n) is 12.2. The Bertz CT molecular complexity index is 697. The fraction of sp³-hybridized carbons (Fsp3) is 0.833. The van der Waals surface area contributed by atoms with Gasteiger partial charge in [-0.1, -0.05) is 52.1 Å². The molecule has 10 heteroatoms. The highest BCUT2D eigenvalue weighted by Gasteiger charge is 2.36. The van der Waals surface area contributed by atoms with Gasteiger partial charge in [-0.15, -0.1) is 0 Å². The van der Waals surface area contributed by atoms with E-state index in [-0.39, 0.29) is 22.9 Å². The lowest BCUT2D eigenvalue weighted by Crippen LogP contribution is -2.40. The van der Waals surface area contributed by atoms with E-state index in [0.717, 1.165) is 12.8 Å². The molecule has 0 saturated carbocycles. The van der Waals surface area contributed by atoms with Crippen molar-refractivity contribution in [1.29, 1.82) is 0 Å². The van der Waals surface area contributed by atoms with E-state index < -0.39 is 0 Å². The first-order valence-corrected chi connectivity index (χ1v) is 13.1. The summed E-state index contributed by atoms with van der Waals surface area (Å²) in [7, 11) is 0. The van der Waals surface area contributed by atoms with Crippen LogP contribution >= 0.6 is 24.4 Å². The molecule has 2 heterocycles. The summed E-state index contributed by atoms with van der Waals surface area (Å²) in [6, 6.07) is 0.0212. The molecule has 2 fully saturated rings. The molecule has 8 nitrogen and oxygen atoms in total. The Morgan fingerprint density at radius 1 is 0.706 bits per heavy atom. The van der Waals surface area contributed by atoms with Gasteiger partial charge in [0.25, 0.3) is 0 Å². The van der Waals surface area contributed by atoms with Crippen LogP contribution in [0.2, 0.25) is 0 Å². The van der Waals surface area contributed by atoms with Crippen LogP contribution in [0, 0.1) is 10.8 Å². The van der Waals surface area contributed by atoms with Crippen molar-refractivity contribution in [3.8, 4) is 0 Å². The fourth-order valence-electron chi connectivity index (χ4n) is 4.03. The van der Waals surface area contributed by atoms with E-state index in [1.54, 1.807) is 19.6 Å². The number of carbonyl (C=O) groups excluding carboxylic acids is 2. The summed E-state index contributed by atoms with van der Waals surface area (Å²) >= 11 is 10.8. The van der Waals surface area contributed by atoms with Crippen LogP contribution in [0.1, 0.15) is 54.4 Å². The van der Waals surface area contributed by atoms with Gasteiger partial charge in [0.1, 0.15) is 9.98 Å². The number of hydrogen-bond donors (Lipinski definition) is 0. The van der Waals surface area contributed by atoms with Gasteiger partial charge in [-0.2, -0.15) is 0 Å². The number of carbonyl (C=O) groups is 2. The number of ether oxygens (including phenoxy) is 2. The molecule has 0 bridgehead atoms. The monoisotopic (exact) mass is 514 g/mol. The van der Waals surface area contributed by atoms with Crippen molar-refractivity contribution >= 4 is 46.5 Å². The first kappa shape index (κ1) is 28.9. The van der Waals surface area contributed by atoms with Crippen molar-refractivity contribution < 1.29 is 19.1 Å². The maximum absolute atomic E-state index is 12.4. The Balaban J connectivity index is 1.59. The Kier molecular flexibility index (Phi) is 10.7. The third-order valence-electron chi connectivity index (χ3n) is 6.41. The van der Waals surface area contributed by atoms with Crippen molar-refractivity contribution in [2.45, 2.75) is 54.4 Å². The third-order valence-corrected chi connectivity index (χ3v) is 7.11. The average molecular weight is 515 g/mol. The second-order valence-corrected chi connectivity index (χ2v) is 11.5. The smallest absolute Gasteiger partial charge is 0.325 e. The maximum Gasteiger partial charge on any atom is 0.325 e. The zero-order valence-electron chi connectivity index (χ0n) is 21.7. The minimum atomic E-state index is -0.0880. The Hall–Kier alpha value is -1.36. The van der Waals surface area contributed by atoms with Crippen molar-refractivity contribution in [3.63, 3.8) is 0 Å². The van der Waals surface area contributed by atoms with E-state index in [0.29, 0.717) is 75.7 Å². The lowest BCUT2D eigenvalue weighted by molar-refractivity contribution is 0.0267. The molecule has 194 valence electrons. The highest BCUT2D eigenvalue weighted by Crippen LogP contribution is 2.26. The zero-order chi connectivity index (χ0) is 25.5. The molecule has 34 heavy (non-hydrogen) atoms. The Morgan fingerprint density at radius 2 is 1.06 bits per heavy atom. The highest BCUT2D eigenvalue weighted by atomic mass is 32.1. The van der Waals surface area contributed by atoms with Crippen LogP contribution < -0.4 is 0 Å². The molecule has 0 unspecified atom stereocenters. The van der Waals surface area contributed by atoms with Crippen LogP contribution in [-0.2, 0) is 9.47 Å². The van der Waals surface area contributed by atoms with E-state index in [1.807, 2.05) is 13.8 Å². The molecule has 2 saturated heterocycles. The molecule has 0 aliphatic carbocycles. The molecule has 0 aromatic rings. The summed E-state index contributed by atoms with van der Waals surface area (Å²) in [5, 5.41) is 0. The van der Waals surface area contributed by atoms with Gasteiger partial charge < -0.3 is 19.3 Å². The zero-order valence-corrected chi connectivity index (χ0v) is 23.4. The van der Waals surface area contributed by atoms with Gasteiger partial charge in [0.05, 0.1) is 26.3 Å². The van der Waals surface area contributed by atoms with E-state index in [1.165, 1.54) is 0 Å². The molecule has 4 amide bonds. The van der Waals surface area contributed by atoms with E-state index in [4.69, 9.17) is 33.9 Å². The predicted molar refractivity (Wildman–Crippen MR) is 142 cm³/mol. The molecule has 0 atom stereocenters. The van der Waals surface area contributed by atoms with Gasteiger partial charge >= 0.3 is 12.1 Å². The number of nitrogens with zero attached hydrogens (tertiary/aromatic N) is 4. The van der Waals surface area contributed by atoms with Crippen molar-refractivity contribution in [2.24, 2.45) is 10.8 Å². The number of urea groups is 2. The number of amides is 4. The van der Waals surface area contributed by atoms with Gasteiger partial charge in [-0.25, -0.2) is 9.59 Å². The number of rotatable bonds is 15. The lowest BCUT2D eigenvalue weighted by Gasteiger charge is -2.30. The van der Waals surface area contributed by atoms with Crippen molar-refractivity contribution in [3.05, 3.63) is 0 Å². The first-order chi connectivity index (χ1) is 15.9. The Morgan fingerprint density at radius 3 is 1.35 bits per heavy atom. The van der Waals surface area contributed by atoms with Crippen molar-refractivity contribution in [2.75, 3.05) is 65.7 Å². The molecule has 0 aromatic carbocycles. The average Bonchev–Trinajstić information content (AvgIpc) is 3.19. The molecule has 0 radical (unpaired) electrons. The number of hydrogen-bond acceptors (Lipinski definition) is 6. The standard InChI is InChI=1S/C24H42N4O4S2/c1-7-25-15-19(33)27(21(25)29)17-23(3,4)9-11-31-13-14-32-12-10-24(5,6)18-28-20(34)16-26(8-2)22(28)30/h7-18H2,1-6H3. The van der Waals surface area contributed by atoms with Gasteiger partial charge in [-0.05, 0) is 37.5 Å². The molecule has 2 aliphatic rings. The number of thiocarbonyl (C=S) groups is 2. The molecule has 2 rings (SSSR count). The quantitative estimate of drug-likeness (QED) is 0.243. The Labute approximate surface area is 215 Å². The van der Waals surface area contributed by atoms with Crippen LogP contribution in [0.5, 0.6) is 0 Å². The largest absolute Gasteiger partial charge is 0.379 e. The SMILES string of the molecule is CCN1CC(=S)N(CC(C)(C)CCOCCOCCC(C)(C)CN2C(=O)N(CC)CC2=S)C1=O. The fourth-order valence-corrected chi connectivity index (χ4v) is 4.62. The summed E-state index contributed by atoms with van der Waals surface area (Å²) in [5.74, 6) is 0. The minimum Gasteiger partial charge on any atom is -0.379 e. The minimum absolute atomic E-state index is 0.0106. The van der Waals surface area contributed by atoms with E-state index >= 15 is 0 Å². The normalized spacial score (nSPS) is 17.7. The molecule has 0 N–H and O–H groups in total. The van der Waals surface area contributed by atoms with Crippen LogP contribution in [0.15, 0.2) is 0 Å². The van der Waals surface area contributed by atoms with Gasteiger partial charge in [0.2, 0.25) is 0 Å². The maximum atomic E-state index is 12.4. The summed E-state index contributed by atoms with van der Waals surface area (Å²) in [6.07, 6.45) is 1.66. The summed E-state index contributed by atoms with van der Waals surface area (Å²) in [5.41, 5.74) is -0.176. The second-order valence-electron chi connectivity index (χ2n) is 10.6. The van der Waals surface area contributed by atoms with Crippen LogP contribution in [0.3, 0.4) is 0 Å². The molecule has 0 spiro atoms. The van der Waals surface area contributed by atoms with E-state index in [2.05, 4.69) is 27.7 Å². The van der Waals surface area contributed by atoms with E-state index in [9.17, 15) is 9.59 Å². The number of likely N-dealkylation sites (N-methyl/N-ethyl adjacent to an activating group) is 2. The van der Waals surface area contributed by atoms with Crippen molar-refractivity contribution in [1.82, 2.24) is 19.6 Å². The summed E-state index contributed by atoms with van der Waals surface area (Å²) in [6.45, 7) is 18.4. The summed E-state index contributed by atoms with van der Waals surface area (Å²) in [4.78, 5) is 33.2. The lowest BCUT2D eigenvalue weighted by atomic mass is 9.89. The highest BCUT2D eigenvalue weighted by molar-refractivity contribution is 7.80. The molecular formula is C24H42N4O4S2. The predicted octanol–water partition coefficient (Wildman–Crippen LogP) is 4.02.